The first-order valence-electron chi connectivity index (χ1n) is 6.84. The molecule has 3 N–H and O–H groups in total. The standard InChI is InChI=1S/C13H28N2/c1-2-3-4-5-6-7-8-9-13(15-14)12-10-11-12/h12-13,15H,2-11,14H2,1H3. The number of hydrogen-bond acceptors (Lipinski definition) is 2. The SMILES string of the molecule is CCCCCCCCCC(NN)C1CC1. The van der Waals surface area contributed by atoms with Crippen molar-refractivity contribution in [2.75, 3.05) is 0 Å². The van der Waals surface area contributed by atoms with Crippen LogP contribution in [0, 0.1) is 5.92 Å². The quantitative estimate of drug-likeness (QED) is 0.331. The van der Waals surface area contributed by atoms with E-state index in [-0.39, 0.29) is 0 Å². The molecule has 1 fully saturated rings. The fourth-order valence-electron chi connectivity index (χ4n) is 2.28. The van der Waals surface area contributed by atoms with E-state index in [9.17, 15) is 0 Å². The smallest absolute Gasteiger partial charge is 0.0238 e. The molecule has 0 spiro atoms. The minimum absolute atomic E-state index is 0.612. The third kappa shape index (κ3) is 6.16. The molecule has 0 radical (unpaired) electrons. The predicted octanol–water partition coefficient (Wildman–Crippen LogP) is 3.37. The molecular weight excluding hydrogens is 184 g/mol. The van der Waals surface area contributed by atoms with Crippen LogP contribution in [-0.4, -0.2) is 6.04 Å². The highest BCUT2D eigenvalue weighted by Gasteiger charge is 2.29. The summed E-state index contributed by atoms with van der Waals surface area (Å²) in [4.78, 5) is 0. The minimum atomic E-state index is 0.612. The van der Waals surface area contributed by atoms with Gasteiger partial charge in [-0.3, -0.25) is 11.3 Å². The van der Waals surface area contributed by atoms with Crippen molar-refractivity contribution in [3.8, 4) is 0 Å². The molecule has 0 aromatic carbocycles. The Morgan fingerprint density at radius 1 is 1.07 bits per heavy atom. The summed E-state index contributed by atoms with van der Waals surface area (Å²) in [6.07, 6.45) is 13.9. The lowest BCUT2D eigenvalue weighted by molar-refractivity contribution is 0.422. The average Bonchev–Trinajstić information content (AvgIpc) is 3.06. The lowest BCUT2D eigenvalue weighted by Crippen LogP contribution is -2.36. The summed E-state index contributed by atoms with van der Waals surface area (Å²) in [5.74, 6) is 6.44. The van der Waals surface area contributed by atoms with Crippen LogP contribution in [0.1, 0.15) is 71.1 Å². The van der Waals surface area contributed by atoms with Crippen LogP contribution in [-0.2, 0) is 0 Å². The van der Waals surface area contributed by atoms with Gasteiger partial charge in [-0.1, -0.05) is 51.9 Å². The Bertz CT molecular complexity index is 143. The monoisotopic (exact) mass is 212 g/mol. The number of nitrogens with two attached hydrogens (primary N) is 1. The molecule has 90 valence electrons. The summed E-state index contributed by atoms with van der Waals surface area (Å²) in [7, 11) is 0. The average molecular weight is 212 g/mol. The Morgan fingerprint density at radius 3 is 2.20 bits per heavy atom. The molecular formula is C13H28N2. The zero-order chi connectivity index (χ0) is 10.9. The number of rotatable bonds is 10. The molecule has 0 aromatic rings. The van der Waals surface area contributed by atoms with Gasteiger partial charge < -0.3 is 0 Å². The van der Waals surface area contributed by atoms with E-state index < -0.39 is 0 Å². The highest BCUT2D eigenvalue weighted by Crippen LogP contribution is 2.34. The molecule has 0 amide bonds. The van der Waals surface area contributed by atoms with Crippen LogP contribution in [0.2, 0.25) is 0 Å². The Balaban J connectivity index is 1.83. The zero-order valence-electron chi connectivity index (χ0n) is 10.3. The minimum Gasteiger partial charge on any atom is -0.271 e. The van der Waals surface area contributed by atoms with Crippen molar-refractivity contribution in [1.82, 2.24) is 5.43 Å². The number of nitrogens with one attached hydrogen (secondary N) is 1. The first kappa shape index (κ1) is 13.0. The van der Waals surface area contributed by atoms with Crippen LogP contribution < -0.4 is 11.3 Å². The third-order valence-electron chi connectivity index (χ3n) is 3.52. The highest BCUT2D eigenvalue weighted by molar-refractivity contribution is 4.84. The van der Waals surface area contributed by atoms with E-state index in [4.69, 9.17) is 5.84 Å². The van der Waals surface area contributed by atoms with Crippen molar-refractivity contribution in [1.29, 1.82) is 0 Å². The predicted molar refractivity (Wildman–Crippen MR) is 66.4 cm³/mol. The lowest BCUT2D eigenvalue weighted by atomic mass is 10.0. The summed E-state index contributed by atoms with van der Waals surface area (Å²) in [6.45, 7) is 2.27. The Labute approximate surface area is 95.0 Å². The van der Waals surface area contributed by atoms with Gasteiger partial charge in [0.1, 0.15) is 0 Å². The Kier molecular flexibility index (Phi) is 7.03. The van der Waals surface area contributed by atoms with Crippen molar-refractivity contribution in [2.24, 2.45) is 11.8 Å². The number of hydrogen-bond donors (Lipinski definition) is 2. The van der Waals surface area contributed by atoms with Gasteiger partial charge >= 0.3 is 0 Å². The molecule has 0 aliphatic heterocycles. The maximum absolute atomic E-state index is 5.54. The summed E-state index contributed by atoms with van der Waals surface area (Å²) >= 11 is 0. The summed E-state index contributed by atoms with van der Waals surface area (Å²) in [5, 5.41) is 0. The van der Waals surface area contributed by atoms with Gasteiger partial charge in [-0.15, -0.1) is 0 Å². The summed E-state index contributed by atoms with van der Waals surface area (Å²) in [5.41, 5.74) is 2.98. The third-order valence-corrected chi connectivity index (χ3v) is 3.52. The van der Waals surface area contributed by atoms with Crippen LogP contribution in [0.3, 0.4) is 0 Å². The van der Waals surface area contributed by atoms with Gasteiger partial charge in [-0.2, -0.15) is 0 Å². The molecule has 15 heavy (non-hydrogen) atoms. The van der Waals surface area contributed by atoms with Gasteiger partial charge in [-0.25, -0.2) is 0 Å². The van der Waals surface area contributed by atoms with Gasteiger partial charge in [0.25, 0.3) is 0 Å². The van der Waals surface area contributed by atoms with Crippen molar-refractivity contribution < 1.29 is 0 Å². The number of hydrazine groups is 1. The molecule has 1 atom stereocenters. The molecule has 2 heteroatoms. The van der Waals surface area contributed by atoms with Gasteiger partial charge in [0, 0.05) is 6.04 Å². The molecule has 1 unspecified atom stereocenters. The maximum Gasteiger partial charge on any atom is 0.0238 e. The number of unbranched alkanes of at least 4 members (excludes halogenated alkanes) is 6. The lowest BCUT2D eigenvalue weighted by Gasteiger charge is -2.14. The summed E-state index contributed by atoms with van der Waals surface area (Å²) in [6, 6.07) is 0.612. The van der Waals surface area contributed by atoms with Crippen LogP contribution >= 0.6 is 0 Å². The molecule has 1 saturated carbocycles. The first-order chi connectivity index (χ1) is 7.38. The van der Waals surface area contributed by atoms with E-state index in [2.05, 4.69) is 12.3 Å². The van der Waals surface area contributed by atoms with Crippen molar-refractivity contribution >= 4 is 0 Å². The van der Waals surface area contributed by atoms with Crippen molar-refractivity contribution in [3.63, 3.8) is 0 Å². The highest BCUT2D eigenvalue weighted by atomic mass is 15.2. The van der Waals surface area contributed by atoms with Crippen LogP contribution in [0.15, 0.2) is 0 Å². The molecule has 1 aliphatic carbocycles. The first-order valence-corrected chi connectivity index (χ1v) is 6.84. The van der Waals surface area contributed by atoms with E-state index in [0.29, 0.717) is 6.04 Å². The van der Waals surface area contributed by atoms with Gasteiger partial charge in [0.15, 0.2) is 0 Å². The van der Waals surface area contributed by atoms with Crippen molar-refractivity contribution in [2.45, 2.75) is 77.2 Å². The van der Waals surface area contributed by atoms with Crippen LogP contribution in [0.5, 0.6) is 0 Å². The molecule has 1 aliphatic rings. The Morgan fingerprint density at radius 2 is 1.67 bits per heavy atom. The second kappa shape index (κ2) is 8.12. The van der Waals surface area contributed by atoms with E-state index in [1.54, 1.807) is 0 Å². The molecule has 0 aromatic heterocycles. The van der Waals surface area contributed by atoms with E-state index in [1.165, 1.54) is 64.2 Å². The Hall–Kier alpha value is -0.0800. The normalized spacial score (nSPS) is 18.0. The van der Waals surface area contributed by atoms with Gasteiger partial charge in [0.05, 0.1) is 0 Å². The van der Waals surface area contributed by atoms with Gasteiger partial charge in [0.2, 0.25) is 0 Å². The van der Waals surface area contributed by atoms with E-state index in [1.807, 2.05) is 0 Å². The van der Waals surface area contributed by atoms with Crippen molar-refractivity contribution in [3.05, 3.63) is 0 Å². The second-order valence-electron chi connectivity index (χ2n) is 5.02. The largest absolute Gasteiger partial charge is 0.271 e. The van der Waals surface area contributed by atoms with Crippen LogP contribution in [0.25, 0.3) is 0 Å². The second-order valence-corrected chi connectivity index (χ2v) is 5.02. The molecule has 2 nitrogen and oxygen atoms in total. The molecule has 1 rings (SSSR count). The molecule has 0 heterocycles. The van der Waals surface area contributed by atoms with E-state index in [0.717, 1.165) is 5.92 Å². The fourth-order valence-corrected chi connectivity index (χ4v) is 2.28. The molecule has 0 saturated heterocycles. The zero-order valence-corrected chi connectivity index (χ0v) is 10.3. The van der Waals surface area contributed by atoms with Gasteiger partial charge in [-0.05, 0) is 25.2 Å². The van der Waals surface area contributed by atoms with E-state index >= 15 is 0 Å². The topological polar surface area (TPSA) is 38.0 Å². The molecule has 0 bridgehead atoms. The maximum atomic E-state index is 5.54. The summed E-state index contributed by atoms with van der Waals surface area (Å²) < 4.78 is 0. The fraction of sp³-hybridized carbons (Fsp3) is 1.00. The van der Waals surface area contributed by atoms with Crippen LogP contribution in [0.4, 0.5) is 0 Å².